The Kier molecular flexibility index (Phi) is 3.76. The van der Waals surface area contributed by atoms with Gasteiger partial charge in [0.05, 0.1) is 5.69 Å². The van der Waals surface area contributed by atoms with E-state index >= 15 is 0 Å². The minimum absolute atomic E-state index is 0.673. The van der Waals surface area contributed by atoms with Crippen LogP contribution in [0.2, 0.25) is 0 Å². The maximum absolute atomic E-state index is 4.38. The van der Waals surface area contributed by atoms with Crippen molar-refractivity contribution in [1.29, 1.82) is 0 Å². The van der Waals surface area contributed by atoms with Crippen molar-refractivity contribution in [1.82, 2.24) is 9.88 Å². The predicted molar refractivity (Wildman–Crippen MR) is 66.0 cm³/mol. The molecule has 1 aromatic heterocycles. The Morgan fingerprint density at radius 3 is 3.07 bits per heavy atom. The molecule has 0 radical (unpaired) electrons. The Labute approximate surface area is 99.8 Å². The summed E-state index contributed by atoms with van der Waals surface area (Å²) in [4.78, 5) is 6.91. The highest BCUT2D eigenvalue weighted by atomic mass is 79.9. The third-order valence-corrected chi connectivity index (χ3v) is 3.91. The molecule has 1 fully saturated rings. The van der Waals surface area contributed by atoms with E-state index in [9.17, 15) is 0 Å². The van der Waals surface area contributed by atoms with Crippen LogP contribution in [0.5, 0.6) is 0 Å². The lowest BCUT2D eigenvalue weighted by atomic mass is 10.1. The van der Waals surface area contributed by atoms with Crippen molar-refractivity contribution in [3.05, 3.63) is 30.1 Å². The monoisotopic (exact) mass is 268 g/mol. The van der Waals surface area contributed by atoms with E-state index in [1.165, 1.54) is 18.7 Å². The molecule has 1 aromatic rings. The van der Waals surface area contributed by atoms with Gasteiger partial charge in [-0.05, 0) is 31.0 Å². The van der Waals surface area contributed by atoms with E-state index in [4.69, 9.17) is 0 Å². The third-order valence-electron chi connectivity index (χ3n) is 3.25. The van der Waals surface area contributed by atoms with E-state index in [-0.39, 0.29) is 0 Å². The van der Waals surface area contributed by atoms with Crippen LogP contribution < -0.4 is 0 Å². The zero-order chi connectivity index (χ0) is 10.7. The molecule has 1 saturated heterocycles. The summed E-state index contributed by atoms with van der Waals surface area (Å²) >= 11 is 3.61. The standard InChI is InChI=1S/C12H17BrN2/c1-10-5-7-15(12(10)8-13)9-11-4-2-3-6-14-11/h2-4,6,10,12H,5,7-9H2,1H3. The van der Waals surface area contributed by atoms with Gasteiger partial charge >= 0.3 is 0 Å². The molecule has 0 aromatic carbocycles. The van der Waals surface area contributed by atoms with Crippen molar-refractivity contribution in [2.75, 3.05) is 11.9 Å². The van der Waals surface area contributed by atoms with Crippen molar-refractivity contribution in [3.8, 4) is 0 Å². The van der Waals surface area contributed by atoms with Crippen LogP contribution in [0.1, 0.15) is 19.0 Å². The van der Waals surface area contributed by atoms with Gasteiger partial charge in [-0.2, -0.15) is 0 Å². The molecule has 0 spiro atoms. The van der Waals surface area contributed by atoms with E-state index in [1.54, 1.807) is 0 Å². The summed E-state index contributed by atoms with van der Waals surface area (Å²) in [7, 11) is 0. The summed E-state index contributed by atoms with van der Waals surface area (Å²) < 4.78 is 0. The lowest BCUT2D eigenvalue weighted by Gasteiger charge is -2.24. The van der Waals surface area contributed by atoms with Crippen LogP contribution in [0.25, 0.3) is 0 Å². The fourth-order valence-electron chi connectivity index (χ4n) is 2.23. The van der Waals surface area contributed by atoms with Gasteiger partial charge in [-0.1, -0.05) is 28.9 Å². The van der Waals surface area contributed by atoms with E-state index in [2.05, 4.69) is 44.9 Å². The summed E-state index contributed by atoms with van der Waals surface area (Å²) in [6.07, 6.45) is 3.18. The smallest absolute Gasteiger partial charge is 0.0544 e. The number of hydrogen-bond acceptors (Lipinski definition) is 2. The molecule has 82 valence electrons. The SMILES string of the molecule is CC1CCN(Cc2ccccn2)C1CBr. The van der Waals surface area contributed by atoms with E-state index < -0.39 is 0 Å². The highest BCUT2D eigenvalue weighted by Gasteiger charge is 2.29. The summed E-state index contributed by atoms with van der Waals surface area (Å²) in [6.45, 7) is 4.53. The molecule has 0 bridgehead atoms. The van der Waals surface area contributed by atoms with E-state index in [0.29, 0.717) is 6.04 Å². The zero-order valence-electron chi connectivity index (χ0n) is 9.06. The minimum atomic E-state index is 0.673. The summed E-state index contributed by atoms with van der Waals surface area (Å²) in [5.41, 5.74) is 1.18. The maximum Gasteiger partial charge on any atom is 0.0544 e. The second-order valence-corrected chi connectivity index (χ2v) is 4.93. The number of nitrogens with zero attached hydrogens (tertiary/aromatic N) is 2. The summed E-state index contributed by atoms with van der Waals surface area (Å²) in [5.74, 6) is 0.799. The van der Waals surface area contributed by atoms with Crippen molar-refractivity contribution in [2.24, 2.45) is 5.92 Å². The van der Waals surface area contributed by atoms with Crippen LogP contribution in [0.3, 0.4) is 0 Å². The molecule has 3 heteroatoms. The lowest BCUT2D eigenvalue weighted by Crippen LogP contribution is -2.33. The number of hydrogen-bond donors (Lipinski definition) is 0. The zero-order valence-corrected chi connectivity index (χ0v) is 10.7. The number of rotatable bonds is 3. The fourth-order valence-corrected chi connectivity index (χ4v) is 3.28. The second-order valence-electron chi connectivity index (χ2n) is 4.28. The Balaban J connectivity index is 2.00. The van der Waals surface area contributed by atoms with Crippen molar-refractivity contribution < 1.29 is 0 Å². The lowest BCUT2D eigenvalue weighted by molar-refractivity contribution is 0.241. The van der Waals surface area contributed by atoms with Crippen molar-refractivity contribution >= 4 is 15.9 Å². The molecule has 1 aliphatic rings. The largest absolute Gasteiger partial charge is 0.293 e. The number of likely N-dealkylation sites (tertiary alicyclic amines) is 1. The van der Waals surface area contributed by atoms with Crippen LogP contribution >= 0.6 is 15.9 Å². The Hall–Kier alpha value is -0.410. The Bertz CT molecular complexity index is 302. The molecule has 15 heavy (non-hydrogen) atoms. The average molecular weight is 269 g/mol. The van der Waals surface area contributed by atoms with Crippen LogP contribution in [-0.2, 0) is 6.54 Å². The molecule has 0 amide bonds. The Morgan fingerprint density at radius 2 is 2.40 bits per heavy atom. The number of pyridine rings is 1. The first-order chi connectivity index (χ1) is 7.31. The number of halogens is 1. The molecular weight excluding hydrogens is 252 g/mol. The van der Waals surface area contributed by atoms with Crippen LogP contribution in [0.15, 0.2) is 24.4 Å². The molecule has 2 unspecified atom stereocenters. The average Bonchev–Trinajstić information content (AvgIpc) is 2.61. The van der Waals surface area contributed by atoms with Gasteiger partial charge in [0.15, 0.2) is 0 Å². The first-order valence-electron chi connectivity index (χ1n) is 5.51. The number of alkyl halides is 1. The molecular formula is C12H17BrN2. The van der Waals surface area contributed by atoms with E-state index in [0.717, 1.165) is 17.8 Å². The highest BCUT2D eigenvalue weighted by molar-refractivity contribution is 9.09. The first kappa shape index (κ1) is 11.1. The van der Waals surface area contributed by atoms with Crippen LogP contribution in [0.4, 0.5) is 0 Å². The fraction of sp³-hybridized carbons (Fsp3) is 0.583. The molecule has 2 atom stereocenters. The van der Waals surface area contributed by atoms with Gasteiger partial charge < -0.3 is 0 Å². The second kappa shape index (κ2) is 5.08. The number of aromatic nitrogens is 1. The predicted octanol–water partition coefficient (Wildman–Crippen LogP) is 2.69. The molecule has 1 aliphatic heterocycles. The van der Waals surface area contributed by atoms with Gasteiger partial charge in [0.25, 0.3) is 0 Å². The van der Waals surface area contributed by atoms with Gasteiger partial charge in [0.2, 0.25) is 0 Å². The molecule has 0 aliphatic carbocycles. The topological polar surface area (TPSA) is 16.1 Å². The molecule has 2 heterocycles. The summed E-state index contributed by atoms with van der Waals surface area (Å²) in [6, 6.07) is 6.81. The third kappa shape index (κ3) is 2.58. The van der Waals surface area contributed by atoms with Gasteiger partial charge in [0.1, 0.15) is 0 Å². The Morgan fingerprint density at radius 1 is 1.53 bits per heavy atom. The van der Waals surface area contributed by atoms with Gasteiger partial charge in [0, 0.05) is 24.1 Å². The normalized spacial score (nSPS) is 27.1. The van der Waals surface area contributed by atoms with Gasteiger partial charge in [-0.15, -0.1) is 0 Å². The molecule has 0 saturated carbocycles. The highest BCUT2D eigenvalue weighted by Crippen LogP contribution is 2.26. The molecule has 2 rings (SSSR count). The van der Waals surface area contributed by atoms with Gasteiger partial charge in [-0.25, -0.2) is 0 Å². The van der Waals surface area contributed by atoms with Crippen LogP contribution in [0, 0.1) is 5.92 Å². The quantitative estimate of drug-likeness (QED) is 0.784. The first-order valence-corrected chi connectivity index (χ1v) is 6.63. The minimum Gasteiger partial charge on any atom is -0.293 e. The molecule has 2 nitrogen and oxygen atoms in total. The maximum atomic E-state index is 4.38. The van der Waals surface area contributed by atoms with Crippen molar-refractivity contribution in [3.63, 3.8) is 0 Å². The van der Waals surface area contributed by atoms with E-state index in [1.807, 2.05) is 12.3 Å². The van der Waals surface area contributed by atoms with Crippen LogP contribution in [-0.4, -0.2) is 27.8 Å². The molecule has 0 N–H and O–H groups in total. The van der Waals surface area contributed by atoms with Gasteiger partial charge in [-0.3, -0.25) is 9.88 Å². The van der Waals surface area contributed by atoms with Crippen molar-refractivity contribution in [2.45, 2.75) is 25.9 Å². The summed E-state index contributed by atoms with van der Waals surface area (Å²) in [5, 5.41) is 1.07.